The van der Waals surface area contributed by atoms with Crippen LogP contribution in [0, 0.1) is 19.8 Å². The average molecular weight is 495 g/mol. The van der Waals surface area contributed by atoms with Gasteiger partial charge in [-0.05, 0) is 61.1 Å². The molecule has 2 heterocycles. The maximum absolute atomic E-state index is 13.7. The predicted molar refractivity (Wildman–Crippen MR) is 138 cm³/mol. The summed E-state index contributed by atoms with van der Waals surface area (Å²) in [4.78, 5) is 13.7. The summed E-state index contributed by atoms with van der Waals surface area (Å²) in [6, 6.07) is 13.5. The number of aromatic nitrogens is 3. The van der Waals surface area contributed by atoms with Crippen molar-refractivity contribution in [3.8, 4) is 0 Å². The predicted octanol–water partition coefficient (Wildman–Crippen LogP) is 6.70. The van der Waals surface area contributed by atoms with Gasteiger partial charge in [0.1, 0.15) is 5.25 Å². The summed E-state index contributed by atoms with van der Waals surface area (Å²) in [7, 11) is 0. The van der Waals surface area contributed by atoms with Gasteiger partial charge in [0, 0.05) is 17.0 Å². The highest BCUT2D eigenvalue weighted by atomic mass is 35.5. The van der Waals surface area contributed by atoms with Crippen molar-refractivity contribution in [3.63, 3.8) is 0 Å². The largest absolute Gasteiger partial charge is 0.313 e. The van der Waals surface area contributed by atoms with Crippen molar-refractivity contribution >= 4 is 29.1 Å². The SMILES string of the molecule is Cc1ccc(C(=O)C2Sc3nnc(CCC4CCCCC4)n3NC2c2ccc(Cl)cc2)cc1C. The van der Waals surface area contributed by atoms with E-state index in [1.54, 1.807) is 0 Å². The smallest absolute Gasteiger partial charge is 0.210 e. The minimum Gasteiger partial charge on any atom is -0.313 e. The van der Waals surface area contributed by atoms with Crippen LogP contribution in [0.5, 0.6) is 0 Å². The van der Waals surface area contributed by atoms with E-state index in [0.29, 0.717) is 5.02 Å². The molecular formula is C27H31ClN4OS. The highest BCUT2D eigenvalue weighted by Gasteiger charge is 2.38. The first kappa shape index (κ1) is 23.4. The Morgan fingerprint density at radius 3 is 2.56 bits per heavy atom. The summed E-state index contributed by atoms with van der Waals surface area (Å²) in [5, 5.41) is 10.1. The fourth-order valence-corrected chi connectivity index (χ4v) is 6.35. The summed E-state index contributed by atoms with van der Waals surface area (Å²) in [6.07, 6.45) is 8.74. The van der Waals surface area contributed by atoms with E-state index >= 15 is 0 Å². The molecule has 0 saturated heterocycles. The number of nitrogens with zero attached hydrogens (tertiary/aromatic N) is 3. The molecule has 5 nitrogen and oxygen atoms in total. The van der Waals surface area contributed by atoms with Crippen molar-refractivity contribution < 1.29 is 4.79 Å². The Hall–Kier alpha value is -2.31. The van der Waals surface area contributed by atoms with Gasteiger partial charge in [-0.15, -0.1) is 10.2 Å². The van der Waals surface area contributed by atoms with E-state index in [2.05, 4.69) is 22.5 Å². The van der Waals surface area contributed by atoms with Gasteiger partial charge >= 0.3 is 0 Å². The van der Waals surface area contributed by atoms with Crippen LogP contribution in [0.25, 0.3) is 0 Å². The Labute approximate surface area is 210 Å². The average Bonchev–Trinajstić information content (AvgIpc) is 3.26. The Balaban J connectivity index is 1.43. The van der Waals surface area contributed by atoms with Gasteiger partial charge < -0.3 is 5.43 Å². The molecule has 5 rings (SSSR count). The number of nitrogens with one attached hydrogen (secondary N) is 1. The van der Waals surface area contributed by atoms with Crippen LogP contribution in [0.2, 0.25) is 5.02 Å². The molecule has 1 aliphatic heterocycles. The number of Topliss-reactive ketones (excluding diaryl/α,β-unsaturated/α-hetero) is 1. The fourth-order valence-electron chi connectivity index (χ4n) is 5.05. The number of thioether (sulfide) groups is 1. The molecule has 1 aliphatic carbocycles. The Morgan fingerprint density at radius 1 is 1.06 bits per heavy atom. The zero-order valence-corrected chi connectivity index (χ0v) is 21.3. The maximum atomic E-state index is 13.7. The Morgan fingerprint density at radius 2 is 1.82 bits per heavy atom. The van der Waals surface area contributed by atoms with Gasteiger partial charge in [0.2, 0.25) is 5.16 Å². The molecule has 7 heteroatoms. The van der Waals surface area contributed by atoms with E-state index in [-0.39, 0.29) is 17.1 Å². The van der Waals surface area contributed by atoms with Crippen LogP contribution in [0.3, 0.4) is 0 Å². The number of hydrogen-bond acceptors (Lipinski definition) is 5. The monoisotopic (exact) mass is 494 g/mol. The van der Waals surface area contributed by atoms with Gasteiger partial charge in [-0.1, -0.05) is 79.7 Å². The van der Waals surface area contributed by atoms with Crippen LogP contribution in [-0.2, 0) is 6.42 Å². The number of aryl methyl sites for hydroxylation is 3. The minimum atomic E-state index is -0.355. The topological polar surface area (TPSA) is 59.8 Å². The van der Waals surface area contributed by atoms with Crippen LogP contribution >= 0.6 is 23.4 Å². The number of carbonyl (C=O) groups is 1. The molecule has 0 radical (unpaired) electrons. The lowest BCUT2D eigenvalue weighted by atomic mass is 9.86. The van der Waals surface area contributed by atoms with Crippen LogP contribution in [0.1, 0.15) is 77.4 Å². The van der Waals surface area contributed by atoms with Gasteiger partial charge in [-0.2, -0.15) is 0 Å². The van der Waals surface area contributed by atoms with Crippen molar-refractivity contribution in [2.75, 3.05) is 5.43 Å². The second-order valence-corrected chi connectivity index (χ2v) is 11.2. The molecule has 0 spiro atoms. The standard InChI is InChI=1S/C27H31ClN4OS/c1-17-8-10-21(16-18(17)2)25(33)26-24(20-11-13-22(28)14-12-20)31-32-23(29-30-27(32)34-26)15-9-19-6-4-3-5-7-19/h8,10-14,16,19,24,26,31H,3-7,9,15H2,1-2H3. The first-order valence-electron chi connectivity index (χ1n) is 12.2. The van der Waals surface area contributed by atoms with Crippen LogP contribution in [0.4, 0.5) is 0 Å². The highest BCUT2D eigenvalue weighted by molar-refractivity contribution is 8.00. The molecule has 1 saturated carbocycles. The van der Waals surface area contributed by atoms with Crippen molar-refractivity contribution in [1.29, 1.82) is 0 Å². The van der Waals surface area contributed by atoms with E-state index in [1.165, 1.54) is 49.4 Å². The quantitative estimate of drug-likeness (QED) is 0.386. The van der Waals surface area contributed by atoms with E-state index in [0.717, 1.165) is 46.4 Å². The highest BCUT2D eigenvalue weighted by Crippen LogP contribution is 2.39. The lowest BCUT2D eigenvalue weighted by Crippen LogP contribution is -2.39. The molecule has 34 heavy (non-hydrogen) atoms. The molecule has 0 amide bonds. The van der Waals surface area contributed by atoms with E-state index in [1.807, 2.05) is 54.1 Å². The number of carbonyl (C=O) groups excluding carboxylic acids is 1. The Kier molecular flexibility index (Phi) is 6.98. The number of ketones is 1. The van der Waals surface area contributed by atoms with Crippen molar-refractivity contribution in [1.82, 2.24) is 14.9 Å². The van der Waals surface area contributed by atoms with Crippen LogP contribution in [-0.4, -0.2) is 25.9 Å². The molecule has 2 atom stereocenters. The number of halogens is 1. The zero-order valence-electron chi connectivity index (χ0n) is 19.8. The number of hydrogen-bond donors (Lipinski definition) is 1. The van der Waals surface area contributed by atoms with E-state index < -0.39 is 0 Å². The number of rotatable bonds is 6. The molecule has 2 unspecified atom stereocenters. The van der Waals surface area contributed by atoms with Gasteiger partial charge in [-0.25, -0.2) is 4.68 Å². The lowest BCUT2D eigenvalue weighted by molar-refractivity contribution is 0.0980. The molecule has 1 fully saturated rings. The van der Waals surface area contributed by atoms with E-state index in [9.17, 15) is 4.79 Å². The van der Waals surface area contributed by atoms with Crippen molar-refractivity contribution in [2.24, 2.45) is 5.92 Å². The lowest BCUT2D eigenvalue weighted by Gasteiger charge is -2.33. The number of fused-ring (bicyclic) bond motifs is 1. The maximum Gasteiger partial charge on any atom is 0.210 e. The van der Waals surface area contributed by atoms with Crippen molar-refractivity contribution in [3.05, 3.63) is 75.6 Å². The molecule has 2 aliphatic rings. The van der Waals surface area contributed by atoms with Gasteiger partial charge in [0.25, 0.3) is 0 Å². The summed E-state index contributed by atoms with van der Waals surface area (Å²) in [5.41, 5.74) is 7.66. The van der Waals surface area contributed by atoms with E-state index in [4.69, 9.17) is 11.6 Å². The second kappa shape index (κ2) is 10.1. The third kappa shape index (κ3) is 4.89. The third-order valence-electron chi connectivity index (χ3n) is 7.28. The normalized spacial score (nSPS) is 20.6. The summed E-state index contributed by atoms with van der Waals surface area (Å²) < 4.78 is 2.01. The van der Waals surface area contributed by atoms with Gasteiger partial charge in [0.15, 0.2) is 11.6 Å². The molecule has 0 bridgehead atoms. The van der Waals surface area contributed by atoms with Gasteiger partial charge in [0.05, 0.1) is 6.04 Å². The van der Waals surface area contributed by atoms with Crippen LogP contribution in [0.15, 0.2) is 47.6 Å². The first-order valence-corrected chi connectivity index (χ1v) is 13.5. The summed E-state index contributed by atoms with van der Waals surface area (Å²) in [6.45, 7) is 4.11. The zero-order chi connectivity index (χ0) is 23.7. The van der Waals surface area contributed by atoms with Gasteiger partial charge in [-0.3, -0.25) is 4.79 Å². The minimum absolute atomic E-state index is 0.0959. The second-order valence-electron chi connectivity index (χ2n) is 9.64. The van der Waals surface area contributed by atoms with Crippen LogP contribution < -0.4 is 5.43 Å². The summed E-state index contributed by atoms with van der Waals surface area (Å²) >= 11 is 7.67. The molecule has 2 aromatic carbocycles. The summed E-state index contributed by atoms with van der Waals surface area (Å²) in [5.74, 6) is 1.83. The first-order chi connectivity index (χ1) is 16.5. The fraction of sp³-hybridized carbons (Fsp3) is 0.444. The number of benzene rings is 2. The van der Waals surface area contributed by atoms with Crippen molar-refractivity contribution in [2.45, 2.75) is 75.2 Å². The molecule has 178 valence electrons. The molecular weight excluding hydrogens is 464 g/mol. The molecule has 1 N–H and O–H groups in total. The molecule has 1 aromatic heterocycles. The third-order valence-corrected chi connectivity index (χ3v) is 8.75. The molecule has 3 aromatic rings. The Bertz CT molecular complexity index is 1170.